The van der Waals surface area contributed by atoms with E-state index in [0.717, 1.165) is 5.56 Å². The Morgan fingerprint density at radius 2 is 1.85 bits per heavy atom. The first-order valence-electron chi connectivity index (χ1n) is 11.4. The van der Waals surface area contributed by atoms with Gasteiger partial charge in [0.15, 0.2) is 9.84 Å². The van der Waals surface area contributed by atoms with Gasteiger partial charge in [0.05, 0.1) is 22.9 Å². The summed E-state index contributed by atoms with van der Waals surface area (Å²) >= 11 is 0. The van der Waals surface area contributed by atoms with E-state index in [9.17, 15) is 17.6 Å². The summed E-state index contributed by atoms with van der Waals surface area (Å²) < 4.78 is 50.4. The first kappa shape index (κ1) is 23.7. The van der Waals surface area contributed by atoms with Gasteiger partial charge in [-0.15, -0.1) is 0 Å². The molecule has 178 valence electrons. The van der Waals surface area contributed by atoms with E-state index in [0.29, 0.717) is 43.7 Å². The van der Waals surface area contributed by atoms with E-state index >= 15 is 0 Å². The number of carbonyl (C=O) groups excluding carboxylic acids is 1. The molecule has 1 amide bonds. The fourth-order valence-corrected chi connectivity index (χ4v) is 5.50. The van der Waals surface area contributed by atoms with Crippen LogP contribution in [0.4, 0.5) is 4.39 Å². The van der Waals surface area contributed by atoms with Gasteiger partial charge in [-0.05, 0) is 56.3 Å². The summed E-state index contributed by atoms with van der Waals surface area (Å²) in [5.41, 5.74) is 0.725. The molecule has 2 aromatic rings. The van der Waals surface area contributed by atoms with Crippen LogP contribution in [0, 0.1) is 5.82 Å². The number of ether oxygens (including phenoxy) is 2. The molecule has 0 aliphatic carbocycles. The monoisotopic (exact) mass is 475 g/mol. The molecule has 8 heteroatoms. The van der Waals surface area contributed by atoms with E-state index in [4.69, 9.17) is 9.47 Å². The second-order valence-electron chi connectivity index (χ2n) is 9.06. The van der Waals surface area contributed by atoms with E-state index in [1.54, 1.807) is 30.0 Å². The number of amides is 1. The maximum Gasteiger partial charge on any atom is 0.253 e. The topological polar surface area (TPSA) is 72.9 Å². The molecular weight excluding hydrogens is 445 g/mol. The molecule has 0 aromatic heterocycles. The van der Waals surface area contributed by atoms with Gasteiger partial charge >= 0.3 is 0 Å². The number of halogens is 1. The summed E-state index contributed by atoms with van der Waals surface area (Å²) in [6.07, 6.45) is 1.60. The van der Waals surface area contributed by atoms with Crippen molar-refractivity contribution < 1.29 is 27.1 Å². The molecule has 2 aliphatic heterocycles. The summed E-state index contributed by atoms with van der Waals surface area (Å²) in [6, 6.07) is 10.7. The average Bonchev–Trinajstić information content (AvgIpc) is 2.79. The molecule has 1 fully saturated rings. The lowest BCUT2D eigenvalue weighted by molar-refractivity contribution is -0.0873. The zero-order valence-electron chi connectivity index (χ0n) is 19.2. The number of carbonyl (C=O) groups is 1. The quantitative estimate of drug-likeness (QED) is 0.635. The molecule has 33 heavy (non-hydrogen) atoms. The van der Waals surface area contributed by atoms with E-state index in [1.165, 1.54) is 24.3 Å². The van der Waals surface area contributed by atoms with Gasteiger partial charge in [-0.2, -0.15) is 0 Å². The van der Waals surface area contributed by atoms with Crippen LogP contribution in [-0.4, -0.2) is 49.8 Å². The molecule has 1 spiro atoms. The minimum absolute atomic E-state index is 0.0116. The zero-order chi connectivity index (χ0) is 23.8. The summed E-state index contributed by atoms with van der Waals surface area (Å²) in [4.78, 5) is 15.0. The smallest absolute Gasteiger partial charge is 0.253 e. The second-order valence-corrected chi connectivity index (χ2v) is 11.3. The van der Waals surface area contributed by atoms with Crippen molar-refractivity contribution in [2.24, 2.45) is 0 Å². The Morgan fingerprint density at radius 3 is 2.45 bits per heavy atom. The molecule has 0 unspecified atom stereocenters. The van der Waals surface area contributed by atoms with Crippen LogP contribution in [0.2, 0.25) is 0 Å². The van der Waals surface area contributed by atoms with Crippen LogP contribution in [0.5, 0.6) is 5.75 Å². The molecule has 2 heterocycles. The number of sulfone groups is 1. The van der Waals surface area contributed by atoms with Gasteiger partial charge in [0.2, 0.25) is 0 Å². The molecular formula is C25H30FNO5S. The number of rotatable bonds is 5. The zero-order valence-corrected chi connectivity index (χ0v) is 20.0. The third-order valence-corrected chi connectivity index (χ3v) is 8.19. The van der Waals surface area contributed by atoms with Crippen LogP contribution in [0.1, 0.15) is 62.1 Å². The fraction of sp³-hybridized carbons (Fsp3) is 0.480. The standard InChI is InChI=1S/C25H30FNO5S/c1-4-33(29,30)20-8-5-18(6-9-20)24(28)27-13-11-25(12-14-27)16-23(31-17(2)3)21-15-19(26)7-10-22(21)32-25/h5-10,15,17,23H,4,11-14,16H2,1-3H3/t23-/m1/s1. The number of likely N-dealkylation sites (tertiary alicyclic amines) is 1. The van der Waals surface area contributed by atoms with Crippen LogP contribution in [-0.2, 0) is 14.6 Å². The molecule has 6 nitrogen and oxygen atoms in total. The van der Waals surface area contributed by atoms with Gasteiger partial charge < -0.3 is 14.4 Å². The number of benzene rings is 2. The van der Waals surface area contributed by atoms with Crippen LogP contribution in [0.25, 0.3) is 0 Å². The minimum Gasteiger partial charge on any atom is -0.487 e. The first-order valence-corrected chi connectivity index (χ1v) is 13.0. The molecule has 1 saturated heterocycles. The van der Waals surface area contributed by atoms with Gasteiger partial charge in [0, 0.05) is 43.5 Å². The van der Waals surface area contributed by atoms with Gasteiger partial charge in [-0.3, -0.25) is 4.79 Å². The Hall–Kier alpha value is -2.45. The van der Waals surface area contributed by atoms with Crippen molar-refractivity contribution in [3.8, 4) is 5.75 Å². The summed E-state index contributed by atoms with van der Waals surface area (Å²) in [5, 5.41) is 0. The third-order valence-electron chi connectivity index (χ3n) is 6.44. The van der Waals surface area contributed by atoms with Crippen LogP contribution in [0.3, 0.4) is 0 Å². The molecule has 4 rings (SSSR count). The van der Waals surface area contributed by atoms with Crippen LogP contribution >= 0.6 is 0 Å². The number of piperidine rings is 1. The Balaban J connectivity index is 1.47. The highest BCUT2D eigenvalue weighted by Gasteiger charge is 2.44. The molecule has 0 bridgehead atoms. The second kappa shape index (κ2) is 9.06. The minimum atomic E-state index is -3.30. The normalized spacial score (nSPS) is 19.9. The van der Waals surface area contributed by atoms with Gasteiger partial charge in [-0.1, -0.05) is 6.92 Å². The van der Waals surface area contributed by atoms with Crippen LogP contribution in [0.15, 0.2) is 47.4 Å². The lowest BCUT2D eigenvalue weighted by Crippen LogP contribution is -2.52. The predicted octanol–water partition coefficient (Wildman–Crippen LogP) is 4.54. The molecule has 0 saturated carbocycles. The van der Waals surface area contributed by atoms with Crippen LogP contribution < -0.4 is 4.74 Å². The summed E-state index contributed by atoms with van der Waals surface area (Å²) in [7, 11) is -3.30. The largest absolute Gasteiger partial charge is 0.487 e. The Kier molecular flexibility index (Phi) is 6.51. The highest BCUT2D eigenvalue weighted by molar-refractivity contribution is 7.91. The fourth-order valence-electron chi connectivity index (χ4n) is 4.61. The number of fused-ring (bicyclic) bond motifs is 1. The van der Waals surface area contributed by atoms with E-state index < -0.39 is 15.4 Å². The highest BCUT2D eigenvalue weighted by atomic mass is 32.2. The Bertz CT molecular complexity index is 1120. The molecule has 2 aromatic carbocycles. The maximum atomic E-state index is 13.9. The predicted molar refractivity (Wildman–Crippen MR) is 123 cm³/mol. The lowest BCUT2D eigenvalue weighted by atomic mass is 9.81. The van der Waals surface area contributed by atoms with Crippen molar-refractivity contribution >= 4 is 15.7 Å². The number of hydrogen-bond acceptors (Lipinski definition) is 5. The maximum absolute atomic E-state index is 13.9. The van der Waals surface area contributed by atoms with Gasteiger partial charge in [-0.25, -0.2) is 12.8 Å². The van der Waals surface area contributed by atoms with Crippen molar-refractivity contribution in [2.45, 2.75) is 62.7 Å². The van der Waals surface area contributed by atoms with Crippen molar-refractivity contribution in [1.29, 1.82) is 0 Å². The van der Waals surface area contributed by atoms with Gasteiger partial charge in [0.25, 0.3) is 5.91 Å². The first-order chi connectivity index (χ1) is 15.6. The number of nitrogens with zero attached hydrogens (tertiary/aromatic N) is 1. The lowest BCUT2D eigenvalue weighted by Gasteiger charge is -2.47. The molecule has 0 radical (unpaired) electrons. The Morgan fingerprint density at radius 1 is 1.18 bits per heavy atom. The van der Waals surface area contributed by atoms with E-state index in [-0.39, 0.29) is 34.6 Å². The summed E-state index contributed by atoms with van der Waals surface area (Å²) in [5.74, 6) is 0.217. The van der Waals surface area contributed by atoms with Gasteiger partial charge in [0.1, 0.15) is 17.2 Å². The molecule has 1 atom stereocenters. The third kappa shape index (κ3) is 4.92. The van der Waals surface area contributed by atoms with Crippen molar-refractivity contribution in [3.05, 3.63) is 59.4 Å². The van der Waals surface area contributed by atoms with Crippen molar-refractivity contribution in [2.75, 3.05) is 18.8 Å². The van der Waals surface area contributed by atoms with E-state index in [1.807, 2.05) is 13.8 Å². The van der Waals surface area contributed by atoms with Crippen molar-refractivity contribution in [3.63, 3.8) is 0 Å². The molecule has 2 aliphatic rings. The van der Waals surface area contributed by atoms with Crippen molar-refractivity contribution in [1.82, 2.24) is 4.90 Å². The summed E-state index contributed by atoms with van der Waals surface area (Å²) in [6.45, 7) is 6.54. The average molecular weight is 476 g/mol. The molecule has 0 N–H and O–H groups in total. The van der Waals surface area contributed by atoms with E-state index in [2.05, 4.69) is 0 Å². The highest BCUT2D eigenvalue weighted by Crippen LogP contribution is 2.46. The Labute approximate surface area is 194 Å². The SMILES string of the molecule is CCS(=O)(=O)c1ccc(C(=O)N2CCC3(CC2)C[C@@H](OC(C)C)c2cc(F)ccc2O3)cc1. The number of hydrogen-bond donors (Lipinski definition) is 0.